The standard InChI is InChI=1S/C15H16ClN3O2S/c16-11-3-1-2-10(6-12-14(20)18-15(21)22-12)13(11)19-5-4-9(7-17)8-19/h1-3,6,9H,4-5,7-8,17H2,(H,18,20,21). The summed E-state index contributed by atoms with van der Waals surface area (Å²) in [5, 5.41) is 2.56. The van der Waals surface area contributed by atoms with Gasteiger partial charge in [-0.2, -0.15) is 0 Å². The fourth-order valence-electron chi connectivity index (χ4n) is 2.77. The van der Waals surface area contributed by atoms with Crippen molar-refractivity contribution in [2.45, 2.75) is 6.42 Å². The second kappa shape index (κ2) is 6.32. The van der Waals surface area contributed by atoms with Crippen LogP contribution in [-0.4, -0.2) is 30.8 Å². The summed E-state index contributed by atoms with van der Waals surface area (Å²) in [5.41, 5.74) is 7.50. The number of nitrogens with zero attached hydrogens (tertiary/aromatic N) is 1. The molecule has 1 aromatic carbocycles. The van der Waals surface area contributed by atoms with Crippen LogP contribution in [-0.2, 0) is 4.79 Å². The number of thioether (sulfide) groups is 1. The van der Waals surface area contributed by atoms with Gasteiger partial charge in [0, 0.05) is 18.7 Å². The SMILES string of the molecule is NCC1CCN(c2c(Cl)cccc2C=C2SC(=O)NC2=O)C1. The molecule has 1 aromatic rings. The number of anilines is 1. The first-order chi connectivity index (χ1) is 10.6. The van der Waals surface area contributed by atoms with Gasteiger partial charge in [0.05, 0.1) is 15.6 Å². The van der Waals surface area contributed by atoms with Crippen molar-refractivity contribution in [1.82, 2.24) is 5.32 Å². The molecule has 1 atom stereocenters. The molecule has 116 valence electrons. The summed E-state index contributed by atoms with van der Waals surface area (Å²) in [6.45, 7) is 2.40. The monoisotopic (exact) mass is 337 g/mol. The second-order valence-corrected chi connectivity index (χ2v) is 6.79. The molecule has 1 unspecified atom stereocenters. The van der Waals surface area contributed by atoms with Crippen LogP contribution in [0.5, 0.6) is 0 Å². The van der Waals surface area contributed by atoms with E-state index >= 15 is 0 Å². The Kier molecular flexibility index (Phi) is 4.42. The van der Waals surface area contributed by atoms with Gasteiger partial charge >= 0.3 is 0 Å². The molecule has 0 spiro atoms. The number of imide groups is 1. The normalized spacial score (nSPS) is 23.5. The fourth-order valence-corrected chi connectivity index (χ4v) is 3.75. The molecule has 0 saturated carbocycles. The molecule has 7 heteroatoms. The number of halogens is 1. The zero-order valence-electron chi connectivity index (χ0n) is 11.8. The average Bonchev–Trinajstić information content (AvgIpc) is 3.06. The van der Waals surface area contributed by atoms with Crippen LogP contribution in [0, 0.1) is 5.92 Å². The molecule has 22 heavy (non-hydrogen) atoms. The summed E-state index contributed by atoms with van der Waals surface area (Å²) >= 11 is 7.28. The van der Waals surface area contributed by atoms with Crippen molar-refractivity contribution < 1.29 is 9.59 Å². The number of nitrogens with two attached hydrogens (primary N) is 1. The van der Waals surface area contributed by atoms with Crippen LogP contribution >= 0.6 is 23.4 Å². The summed E-state index contributed by atoms with van der Waals surface area (Å²) < 4.78 is 0. The molecule has 5 nitrogen and oxygen atoms in total. The number of nitrogens with one attached hydrogen (secondary N) is 1. The van der Waals surface area contributed by atoms with Crippen molar-refractivity contribution in [3.63, 3.8) is 0 Å². The highest BCUT2D eigenvalue weighted by atomic mass is 35.5. The number of carbonyl (C=O) groups is 2. The van der Waals surface area contributed by atoms with Gasteiger partial charge in [-0.1, -0.05) is 23.7 Å². The average molecular weight is 338 g/mol. The van der Waals surface area contributed by atoms with Gasteiger partial charge in [-0.05, 0) is 42.8 Å². The maximum atomic E-state index is 11.7. The zero-order chi connectivity index (χ0) is 15.7. The van der Waals surface area contributed by atoms with Crippen LogP contribution in [0.15, 0.2) is 23.1 Å². The Balaban J connectivity index is 1.96. The lowest BCUT2D eigenvalue weighted by molar-refractivity contribution is -0.115. The third-order valence-corrected chi connectivity index (χ3v) is 5.00. The molecular weight excluding hydrogens is 322 g/mol. The molecule has 0 bridgehead atoms. The van der Waals surface area contributed by atoms with Gasteiger partial charge in [-0.25, -0.2) is 0 Å². The minimum absolute atomic E-state index is 0.343. The highest BCUT2D eigenvalue weighted by Gasteiger charge is 2.27. The molecule has 2 aliphatic heterocycles. The van der Waals surface area contributed by atoms with Gasteiger partial charge in [-0.3, -0.25) is 14.9 Å². The summed E-state index contributed by atoms with van der Waals surface area (Å²) in [6, 6.07) is 5.58. The van der Waals surface area contributed by atoms with E-state index in [1.807, 2.05) is 18.2 Å². The molecule has 3 N–H and O–H groups in total. The number of hydrogen-bond acceptors (Lipinski definition) is 5. The molecule has 0 radical (unpaired) electrons. The molecule has 0 aliphatic carbocycles. The van der Waals surface area contributed by atoms with E-state index < -0.39 is 0 Å². The van der Waals surface area contributed by atoms with Crippen molar-refractivity contribution in [3.8, 4) is 0 Å². The van der Waals surface area contributed by atoms with Crippen molar-refractivity contribution >= 4 is 46.3 Å². The molecule has 2 amide bonds. The lowest BCUT2D eigenvalue weighted by Crippen LogP contribution is -2.23. The van der Waals surface area contributed by atoms with Crippen LogP contribution in [0.1, 0.15) is 12.0 Å². The Morgan fingerprint density at radius 2 is 2.27 bits per heavy atom. The number of rotatable bonds is 3. The van der Waals surface area contributed by atoms with Crippen molar-refractivity contribution in [3.05, 3.63) is 33.7 Å². The molecule has 2 aliphatic rings. The summed E-state index contributed by atoms with van der Waals surface area (Å²) in [7, 11) is 0. The van der Waals surface area contributed by atoms with Crippen LogP contribution in [0.25, 0.3) is 6.08 Å². The molecule has 2 heterocycles. The number of benzene rings is 1. The lowest BCUT2D eigenvalue weighted by atomic mass is 10.1. The van der Waals surface area contributed by atoms with Crippen LogP contribution < -0.4 is 16.0 Å². The number of para-hydroxylation sites is 1. The van der Waals surface area contributed by atoms with E-state index in [1.165, 1.54) is 0 Å². The zero-order valence-corrected chi connectivity index (χ0v) is 13.4. The van der Waals surface area contributed by atoms with Crippen molar-refractivity contribution in [1.29, 1.82) is 0 Å². The second-order valence-electron chi connectivity index (χ2n) is 5.37. The largest absolute Gasteiger partial charge is 0.370 e. The van der Waals surface area contributed by atoms with E-state index in [-0.39, 0.29) is 11.1 Å². The number of hydrogen-bond donors (Lipinski definition) is 2. The summed E-state index contributed by atoms with van der Waals surface area (Å²) in [5.74, 6) is 0.102. The van der Waals surface area contributed by atoms with E-state index in [2.05, 4.69) is 10.2 Å². The van der Waals surface area contributed by atoms with Gasteiger partial charge in [0.1, 0.15) is 0 Å². The van der Waals surface area contributed by atoms with E-state index in [1.54, 1.807) is 6.08 Å². The predicted molar refractivity (Wildman–Crippen MR) is 89.9 cm³/mol. The predicted octanol–water partition coefficient (Wildman–Crippen LogP) is 2.45. The Morgan fingerprint density at radius 1 is 1.45 bits per heavy atom. The van der Waals surface area contributed by atoms with Crippen molar-refractivity contribution in [2.75, 3.05) is 24.5 Å². The van der Waals surface area contributed by atoms with Crippen LogP contribution in [0.2, 0.25) is 5.02 Å². The van der Waals surface area contributed by atoms with E-state index in [0.29, 0.717) is 22.4 Å². The number of carbonyl (C=O) groups excluding carboxylic acids is 2. The van der Waals surface area contributed by atoms with Gasteiger partial charge < -0.3 is 10.6 Å². The van der Waals surface area contributed by atoms with Gasteiger partial charge in [0.15, 0.2) is 0 Å². The maximum Gasteiger partial charge on any atom is 0.290 e. The smallest absolute Gasteiger partial charge is 0.290 e. The van der Waals surface area contributed by atoms with Gasteiger partial charge in [-0.15, -0.1) is 0 Å². The quantitative estimate of drug-likeness (QED) is 0.829. The van der Waals surface area contributed by atoms with Crippen LogP contribution in [0.3, 0.4) is 0 Å². The molecule has 2 fully saturated rings. The van der Waals surface area contributed by atoms with Crippen LogP contribution in [0.4, 0.5) is 10.5 Å². The van der Waals surface area contributed by atoms with Crippen molar-refractivity contribution in [2.24, 2.45) is 11.7 Å². The first kappa shape index (κ1) is 15.4. The Labute approximate surface area is 137 Å². The topological polar surface area (TPSA) is 75.4 Å². The van der Waals surface area contributed by atoms with Gasteiger partial charge in [0.25, 0.3) is 11.1 Å². The third-order valence-electron chi connectivity index (χ3n) is 3.88. The Hall–Kier alpha value is -1.50. The fraction of sp³-hybridized carbons (Fsp3) is 0.333. The molecular formula is C15H16ClN3O2S. The van der Waals surface area contributed by atoms with E-state index in [0.717, 1.165) is 42.5 Å². The number of amides is 2. The minimum Gasteiger partial charge on any atom is -0.370 e. The van der Waals surface area contributed by atoms with E-state index in [4.69, 9.17) is 17.3 Å². The molecule has 3 rings (SSSR count). The summed E-state index contributed by atoms with van der Waals surface area (Å²) in [6.07, 6.45) is 2.76. The maximum absolute atomic E-state index is 11.7. The summed E-state index contributed by atoms with van der Waals surface area (Å²) in [4.78, 5) is 25.6. The molecule has 0 aromatic heterocycles. The highest BCUT2D eigenvalue weighted by Crippen LogP contribution is 2.36. The van der Waals surface area contributed by atoms with Gasteiger partial charge in [0.2, 0.25) is 0 Å². The first-order valence-corrected chi connectivity index (χ1v) is 8.26. The first-order valence-electron chi connectivity index (χ1n) is 7.07. The Morgan fingerprint density at radius 3 is 2.91 bits per heavy atom. The van der Waals surface area contributed by atoms with E-state index in [9.17, 15) is 9.59 Å². The highest BCUT2D eigenvalue weighted by molar-refractivity contribution is 8.18. The third kappa shape index (κ3) is 2.99. The lowest BCUT2D eigenvalue weighted by Gasteiger charge is -2.22. The minimum atomic E-state index is -0.359. The Bertz CT molecular complexity index is 662. The molecule has 2 saturated heterocycles.